The van der Waals surface area contributed by atoms with Gasteiger partial charge in [0, 0.05) is 24.4 Å². The molecule has 26 heavy (non-hydrogen) atoms. The van der Waals surface area contributed by atoms with Crippen molar-refractivity contribution in [3.8, 4) is 5.69 Å². The number of urea groups is 1. The first-order valence-corrected chi connectivity index (χ1v) is 8.61. The van der Waals surface area contributed by atoms with E-state index in [4.69, 9.17) is 5.11 Å². The van der Waals surface area contributed by atoms with Gasteiger partial charge in [-0.25, -0.2) is 9.48 Å². The Morgan fingerprint density at radius 2 is 1.92 bits per heavy atom. The van der Waals surface area contributed by atoms with Crippen molar-refractivity contribution in [3.05, 3.63) is 41.6 Å². The fraction of sp³-hybridized carbons (Fsp3) is 0.421. The molecule has 0 spiro atoms. The number of aryl methyl sites for hydroxylation is 1. The van der Waals surface area contributed by atoms with E-state index in [1.807, 2.05) is 37.3 Å². The van der Waals surface area contributed by atoms with Crippen molar-refractivity contribution < 1.29 is 14.7 Å². The lowest BCUT2D eigenvalue weighted by Gasteiger charge is -2.14. The summed E-state index contributed by atoms with van der Waals surface area (Å²) < 4.78 is 1.73. The highest BCUT2D eigenvalue weighted by Crippen LogP contribution is 2.27. The van der Waals surface area contributed by atoms with Crippen LogP contribution in [0.4, 0.5) is 10.6 Å². The van der Waals surface area contributed by atoms with Gasteiger partial charge in [-0.2, -0.15) is 5.10 Å². The molecule has 0 bridgehead atoms. The average Bonchev–Trinajstić information content (AvgIpc) is 2.96. The van der Waals surface area contributed by atoms with Crippen molar-refractivity contribution in [2.45, 2.75) is 46.0 Å². The first-order chi connectivity index (χ1) is 12.2. The van der Waals surface area contributed by atoms with E-state index < -0.39 is 5.97 Å². The summed E-state index contributed by atoms with van der Waals surface area (Å²) in [7, 11) is 0. The standard InChI is InChI=1S/C19H26N4O3/c1-13-8-5-6-9-14(13)23-16(12-15(22-23)19(2,3)4)21-18(26)20-11-7-10-17(24)25/h5-6,8-9,12H,7,10-11H2,1-4H3,(H,24,25)(H2,20,21,26). The summed E-state index contributed by atoms with van der Waals surface area (Å²) in [6.45, 7) is 8.47. The van der Waals surface area contributed by atoms with Gasteiger partial charge in [0.1, 0.15) is 5.82 Å². The SMILES string of the molecule is Cc1ccccc1-n1nc(C(C)(C)C)cc1NC(=O)NCCCC(=O)O. The Bertz CT molecular complexity index is 790. The number of rotatable bonds is 6. The van der Waals surface area contributed by atoms with Crippen LogP contribution in [-0.2, 0) is 10.2 Å². The Hall–Kier alpha value is -2.83. The van der Waals surface area contributed by atoms with Gasteiger partial charge in [-0.3, -0.25) is 10.1 Å². The molecule has 0 saturated heterocycles. The van der Waals surface area contributed by atoms with Gasteiger partial charge in [-0.05, 0) is 25.0 Å². The Labute approximate surface area is 153 Å². The van der Waals surface area contributed by atoms with Crippen molar-refractivity contribution in [2.75, 3.05) is 11.9 Å². The smallest absolute Gasteiger partial charge is 0.320 e. The molecule has 1 aromatic carbocycles. The van der Waals surface area contributed by atoms with Gasteiger partial charge in [0.25, 0.3) is 0 Å². The lowest BCUT2D eigenvalue weighted by molar-refractivity contribution is -0.137. The molecule has 0 aliphatic heterocycles. The van der Waals surface area contributed by atoms with E-state index in [2.05, 4.69) is 36.5 Å². The third kappa shape index (κ3) is 5.08. The largest absolute Gasteiger partial charge is 0.481 e. The number of benzene rings is 1. The van der Waals surface area contributed by atoms with Crippen molar-refractivity contribution in [1.29, 1.82) is 0 Å². The highest BCUT2D eigenvalue weighted by molar-refractivity contribution is 5.88. The second-order valence-electron chi connectivity index (χ2n) is 7.24. The average molecular weight is 358 g/mol. The van der Waals surface area contributed by atoms with Gasteiger partial charge < -0.3 is 10.4 Å². The number of hydrogen-bond donors (Lipinski definition) is 3. The fourth-order valence-corrected chi connectivity index (χ4v) is 2.42. The van der Waals surface area contributed by atoms with Crippen molar-refractivity contribution in [1.82, 2.24) is 15.1 Å². The van der Waals surface area contributed by atoms with E-state index in [1.165, 1.54) is 0 Å². The van der Waals surface area contributed by atoms with Crippen LogP contribution in [0.5, 0.6) is 0 Å². The summed E-state index contributed by atoms with van der Waals surface area (Å²) in [5.41, 5.74) is 2.63. The van der Waals surface area contributed by atoms with Gasteiger partial charge >= 0.3 is 12.0 Å². The zero-order valence-corrected chi connectivity index (χ0v) is 15.7. The monoisotopic (exact) mass is 358 g/mol. The molecule has 0 radical (unpaired) electrons. The first kappa shape index (κ1) is 19.5. The maximum atomic E-state index is 12.2. The van der Waals surface area contributed by atoms with Gasteiger partial charge in [-0.1, -0.05) is 39.0 Å². The molecule has 3 N–H and O–H groups in total. The minimum atomic E-state index is -0.875. The third-order valence-electron chi connectivity index (χ3n) is 3.92. The Balaban J connectivity index is 2.21. The van der Waals surface area contributed by atoms with Gasteiger partial charge in [-0.15, -0.1) is 0 Å². The summed E-state index contributed by atoms with van der Waals surface area (Å²) in [6.07, 6.45) is 0.405. The number of nitrogens with zero attached hydrogens (tertiary/aromatic N) is 2. The van der Waals surface area contributed by atoms with Crippen LogP contribution in [0.15, 0.2) is 30.3 Å². The lowest BCUT2D eigenvalue weighted by atomic mass is 9.92. The molecule has 2 amide bonds. The highest BCUT2D eigenvalue weighted by atomic mass is 16.4. The normalized spacial score (nSPS) is 11.2. The Morgan fingerprint density at radius 3 is 2.54 bits per heavy atom. The Kier molecular flexibility index (Phi) is 6.02. The minimum Gasteiger partial charge on any atom is -0.481 e. The lowest BCUT2D eigenvalue weighted by Crippen LogP contribution is -2.30. The molecule has 0 atom stereocenters. The summed E-state index contributed by atoms with van der Waals surface area (Å²) in [5.74, 6) is -0.306. The number of nitrogens with one attached hydrogen (secondary N) is 2. The molecule has 0 aliphatic carbocycles. The molecule has 7 nitrogen and oxygen atoms in total. The molecule has 1 heterocycles. The fourth-order valence-electron chi connectivity index (χ4n) is 2.42. The predicted octanol–water partition coefficient (Wildman–Crippen LogP) is 3.46. The van der Waals surface area contributed by atoms with E-state index in [-0.39, 0.29) is 17.9 Å². The number of aromatic nitrogens is 2. The number of carbonyl (C=O) groups excluding carboxylic acids is 1. The van der Waals surface area contributed by atoms with E-state index in [0.29, 0.717) is 18.8 Å². The maximum Gasteiger partial charge on any atom is 0.320 e. The molecule has 0 unspecified atom stereocenters. The van der Waals surface area contributed by atoms with E-state index >= 15 is 0 Å². The molecule has 0 aliphatic rings. The number of amides is 2. The van der Waals surface area contributed by atoms with Crippen LogP contribution in [0.1, 0.15) is 44.9 Å². The number of hydrogen-bond acceptors (Lipinski definition) is 3. The zero-order chi connectivity index (χ0) is 19.3. The predicted molar refractivity (Wildman–Crippen MR) is 101 cm³/mol. The number of anilines is 1. The van der Waals surface area contributed by atoms with Crippen LogP contribution < -0.4 is 10.6 Å². The number of para-hydroxylation sites is 1. The number of carboxylic acid groups (broad SMARTS) is 1. The molecule has 0 saturated carbocycles. The molecular formula is C19H26N4O3. The molecule has 140 valence electrons. The minimum absolute atomic E-state index is 0.0234. The second-order valence-corrected chi connectivity index (χ2v) is 7.24. The molecular weight excluding hydrogens is 332 g/mol. The summed E-state index contributed by atoms with van der Waals surface area (Å²) >= 11 is 0. The number of aliphatic carboxylic acids is 1. The summed E-state index contributed by atoms with van der Waals surface area (Å²) in [6, 6.07) is 9.30. The third-order valence-corrected chi connectivity index (χ3v) is 3.92. The van der Waals surface area contributed by atoms with Crippen LogP contribution in [0.25, 0.3) is 5.69 Å². The van der Waals surface area contributed by atoms with Crippen molar-refractivity contribution >= 4 is 17.8 Å². The van der Waals surface area contributed by atoms with Crippen LogP contribution in [0.3, 0.4) is 0 Å². The van der Waals surface area contributed by atoms with Crippen LogP contribution in [0, 0.1) is 6.92 Å². The van der Waals surface area contributed by atoms with Gasteiger partial charge in [0.05, 0.1) is 11.4 Å². The maximum absolute atomic E-state index is 12.2. The number of carboxylic acids is 1. The quantitative estimate of drug-likeness (QED) is 0.689. The van der Waals surface area contributed by atoms with Crippen molar-refractivity contribution in [2.24, 2.45) is 0 Å². The molecule has 1 aromatic heterocycles. The first-order valence-electron chi connectivity index (χ1n) is 8.61. The van der Waals surface area contributed by atoms with Crippen LogP contribution in [0.2, 0.25) is 0 Å². The van der Waals surface area contributed by atoms with E-state index in [0.717, 1.165) is 16.9 Å². The highest BCUT2D eigenvalue weighted by Gasteiger charge is 2.22. The molecule has 7 heteroatoms. The summed E-state index contributed by atoms with van der Waals surface area (Å²) in [5, 5.41) is 18.8. The zero-order valence-electron chi connectivity index (χ0n) is 15.7. The van der Waals surface area contributed by atoms with Gasteiger partial charge in [0.15, 0.2) is 0 Å². The van der Waals surface area contributed by atoms with E-state index in [1.54, 1.807) is 4.68 Å². The second kappa shape index (κ2) is 8.03. The van der Waals surface area contributed by atoms with Gasteiger partial charge in [0.2, 0.25) is 0 Å². The Morgan fingerprint density at radius 1 is 1.23 bits per heavy atom. The topological polar surface area (TPSA) is 96.3 Å². The molecule has 2 rings (SSSR count). The molecule has 2 aromatic rings. The summed E-state index contributed by atoms with van der Waals surface area (Å²) in [4.78, 5) is 22.7. The number of carbonyl (C=O) groups is 2. The van der Waals surface area contributed by atoms with E-state index in [9.17, 15) is 9.59 Å². The molecule has 0 fully saturated rings. The van der Waals surface area contributed by atoms with Crippen molar-refractivity contribution in [3.63, 3.8) is 0 Å². The van der Waals surface area contributed by atoms with Crippen LogP contribution >= 0.6 is 0 Å². The van der Waals surface area contributed by atoms with Crippen LogP contribution in [-0.4, -0.2) is 33.4 Å².